The highest BCUT2D eigenvalue weighted by atomic mass is 16.7. The molecule has 0 N–H and O–H groups in total. The molecule has 0 aliphatic carbocycles. The highest BCUT2D eigenvalue weighted by molar-refractivity contribution is 5.90. The average molecular weight is 411 g/mol. The van der Waals surface area contributed by atoms with Crippen LogP contribution in [0.1, 0.15) is 39.5 Å². The Morgan fingerprint density at radius 2 is 1.62 bits per heavy atom. The molecule has 0 spiro atoms. The van der Waals surface area contributed by atoms with E-state index in [0.717, 1.165) is 18.6 Å². The molecule has 0 amide bonds. The topological polar surface area (TPSA) is 67.7 Å². The van der Waals surface area contributed by atoms with Crippen LogP contribution < -0.4 is 0 Å². The normalized spacial score (nSPS) is 38.7. The summed E-state index contributed by atoms with van der Waals surface area (Å²) in [6.45, 7) is 13.7. The van der Waals surface area contributed by atoms with Crippen LogP contribution in [0.4, 0.5) is 0 Å². The molecule has 7 atom stereocenters. The second kappa shape index (κ2) is 11.3. The number of aliphatic imine (C=N–C) groups is 1. The van der Waals surface area contributed by atoms with Crippen LogP contribution in [-0.4, -0.2) is 75.2 Å². The minimum Gasteiger partial charge on any atom is -0.369 e. The quantitative estimate of drug-likeness (QED) is 0.495. The molecule has 7 heteroatoms. The van der Waals surface area contributed by atoms with Crippen molar-refractivity contribution in [1.82, 2.24) is 0 Å². The largest absolute Gasteiger partial charge is 0.369 e. The first-order valence-electron chi connectivity index (χ1n) is 10.7. The van der Waals surface area contributed by atoms with E-state index in [9.17, 15) is 0 Å². The van der Waals surface area contributed by atoms with Crippen molar-refractivity contribution in [1.29, 1.82) is 0 Å². The molecular formula is C22H35NO6. The number of hydrogen-bond donors (Lipinski definition) is 0. The van der Waals surface area contributed by atoms with Crippen LogP contribution >= 0.6 is 0 Å². The number of hydrogen-bond acceptors (Lipinski definition) is 7. The SMILES string of the molecule is C=CCO[C@H]1[C@H](C)O[C@@H]2C[C@H]1[15N]=C1C[C@H](OCCCCO2)O[C@@H](C)[C@@H]1OCC=C. The number of fused-ring (bicyclic) bond motifs is 4. The summed E-state index contributed by atoms with van der Waals surface area (Å²) >= 11 is 0. The van der Waals surface area contributed by atoms with Crippen LogP contribution in [-0.2, 0) is 28.4 Å². The van der Waals surface area contributed by atoms with Gasteiger partial charge in [0.2, 0.25) is 0 Å². The van der Waals surface area contributed by atoms with E-state index in [1.165, 1.54) is 0 Å². The number of rotatable bonds is 6. The summed E-state index contributed by atoms with van der Waals surface area (Å²) in [5.74, 6) is 0. The molecule has 0 unspecified atom stereocenters. The highest BCUT2D eigenvalue weighted by Gasteiger charge is 2.40. The van der Waals surface area contributed by atoms with Crippen LogP contribution in [0.15, 0.2) is 30.3 Å². The Bertz CT molecular complexity index is 568. The first kappa shape index (κ1) is 22.6. The van der Waals surface area contributed by atoms with E-state index in [2.05, 4.69) is 13.2 Å². The van der Waals surface area contributed by atoms with Gasteiger partial charge in [-0.2, -0.15) is 0 Å². The van der Waals surface area contributed by atoms with Crippen molar-refractivity contribution in [3.8, 4) is 0 Å². The summed E-state index contributed by atoms with van der Waals surface area (Å²) in [5.41, 5.74) is 0.944. The van der Waals surface area contributed by atoms with E-state index in [0.29, 0.717) is 39.3 Å². The van der Waals surface area contributed by atoms with E-state index in [4.69, 9.17) is 33.4 Å². The summed E-state index contributed by atoms with van der Waals surface area (Å²) in [6.07, 6.45) is 5.23. The summed E-state index contributed by atoms with van der Waals surface area (Å²) in [5, 5.41) is 0. The van der Waals surface area contributed by atoms with Gasteiger partial charge in [0.05, 0.1) is 31.5 Å². The lowest BCUT2D eigenvalue weighted by atomic mass is 9.99. The molecule has 0 radical (unpaired) electrons. The van der Waals surface area contributed by atoms with E-state index in [-0.39, 0.29) is 43.0 Å². The summed E-state index contributed by atoms with van der Waals surface area (Å²) in [4.78, 5) is 5.13. The zero-order chi connectivity index (χ0) is 20.6. The highest BCUT2D eigenvalue weighted by Crippen LogP contribution is 2.29. The zero-order valence-electron chi connectivity index (χ0n) is 17.7. The van der Waals surface area contributed by atoms with Gasteiger partial charge in [-0.05, 0) is 26.7 Å². The Labute approximate surface area is 174 Å². The van der Waals surface area contributed by atoms with Crippen molar-refractivity contribution in [3.05, 3.63) is 25.3 Å². The fourth-order valence-corrected chi connectivity index (χ4v) is 4.07. The van der Waals surface area contributed by atoms with E-state index >= 15 is 0 Å². The molecule has 0 aromatic heterocycles. The van der Waals surface area contributed by atoms with Gasteiger partial charge in [-0.3, -0.25) is 4.99 Å². The van der Waals surface area contributed by atoms with Crippen molar-refractivity contribution < 1.29 is 28.4 Å². The van der Waals surface area contributed by atoms with Gasteiger partial charge < -0.3 is 28.4 Å². The third kappa shape index (κ3) is 6.20. The molecule has 3 aliphatic rings. The Morgan fingerprint density at radius 3 is 2.34 bits per heavy atom. The van der Waals surface area contributed by atoms with Crippen molar-refractivity contribution in [2.45, 2.75) is 82.6 Å². The third-order valence-electron chi connectivity index (χ3n) is 5.42. The first-order chi connectivity index (χ1) is 14.1. The van der Waals surface area contributed by atoms with Crippen LogP contribution in [0.5, 0.6) is 0 Å². The summed E-state index contributed by atoms with van der Waals surface area (Å²) in [6, 6.07) is -0.0970. The molecular weight excluding hydrogens is 375 g/mol. The zero-order valence-corrected chi connectivity index (χ0v) is 17.7. The Morgan fingerprint density at radius 1 is 0.966 bits per heavy atom. The van der Waals surface area contributed by atoms with Crippen molar-refractivity contribution >= 4 is 5.71 Å². The van der Waals surface area contributed by atoms with Gasteiger partial charge in [-0.1, -0.05) is 12.2 Å². The van der Waals surface area contributed by atoms with Gasteiger partial charge in [0, 0.05) is 31.8 Å². The van der Waals surface area contributed by atoms with Crippen LogP contribution in [0.25, 0.3) is 0 Å². The molecule has 0 aromatic carbocycles. The second-order valence-corrected chi connectivity index (χ2v) is 7.75. The lowest BCUT2D eigenvalue weighted by molar-refractivity contribution is -0.229. The monoisotopic (exact) mass is 410 g/mol. The third-order valence-corrected chi connectivity index (χ3v) is 5.42. The maximum absolute atomic E-state index is 6.07. The van der Waals surface area contributed by atoms with E-state index in [1.54, 1.807) is 12.2 Å². The van der Waals surface area contributed by atoms with Crippen LogP contribution in [0.2, 0.25) is 0 Å². The van der Waals surface area contributed by atoms with Gasteiger partial charge in [0.25, 0.3) is 0 Å². The Balaban J connectivity index is 1.88. The molecule has 4 bridgehead atoms. The minimum atomic E-state index is -0.311. The van der Waals surface area contributed by atoms with Gasteiger partial charge in [-0.25, -0.2) is 0 Å². The lowest BCUT2D eigenvalue weighted by Crippen LogP contribution is -2.51. The van der Waals surface area contributed by atoms with Crippen molar-refractivity contribution in [2.75, 3.05) is 26.4 Å². The van der Waals surface area contributed by atoms with E-state index in [1.807, 2.05) is 13.8 Å². The molecule has 164 valence electrons. The molecule has 3 heterocycles. The summed E-state index contributed by atoms with van der Waals surface area (Å²) in [7, 11) is 0. The van der Waals surface area contributed by atoms with Crippen LogP contribution in [0, 0.1) is 0 Å². The molecule has 0 saturated carbocycles. The van der Waals surface area contributed by atoms with Crippen LogP contribution in [0.3, 0.4) is 0 Å². The van der Waals surface area contributed by atoms with Gasteiger partial charge in [-0.15, -0.1) is 13.2 Å². The Kier molecular flexibility index (Phi) is 8.84. The first-order valence-corrected chi connectivity index (χ1v) is 10.7. The smallest absolute Gasteiger partial charge is 0.163 e. The maximum atomic E-state index is 6.07. The van der Waals surface area contributed by atoms with Gasteiger partial charge >= 0.3 is 0 Å². The molecule has 3 aliphatic heterocycles. The van der Waals surface area contributed by atoms with Gasteiger partial charge in [0.15, 0.2) is 12.6 Å². The maximum Gasteiger partial charge on any atom is 0.163 e. The average Bonchev–Trinajstić information content (AvgIpc) is 2.70. The molecule has 2 fully saturated rings. The predicted molar refractivity (Wildman–Crippen MR) is 110 cm³/mol. The second-order valence-electron chi connectivity index (χ2n) is 7.75. The van der Waals surface area contributed by atoms with Crippen molar-refractivity contribution in [2.24, 2.45) is 4.99 Å². The lowest BCUT2D eigenvalue weighted by Gasteiger charge is -2.40. The number of nitrogens with zero attached hydrogens (tertiary/aromatic N) is 1. The predicted octanol–water partition coefficient (Wildman–Crippen LogP) is 3.04. The van der Waals surface area contributed by atoms with Crippen molar-refractivity contribution in [3.63, 3.8) is 0 Å². The Hall–Kier alpha value is -1.09. The fraction of sp³-hybridized carbons (Fsp3) is 0.773. The van der Waals surface area contributed by atoms with Gasteiger partial charge in [0.1, 0.15) is 12.2 Å². The molecule has 3 rings (SSSR count). The summed E-state index contributed by atoms with van der Waals surface area (Å²) < 4.78 is 36.1. The molecule has 0 aromatic rings. The fourth-order valence-electron chi connectivity index (χ4n) is 4.07. The molecule has 7 nitrogen and oxygen atoms in total. The molecule has 29 heavy (non-hydrogen) atoms. The molecule has 2 saturated heterocycles. The minimum absolute atomic E-state index is 0.0970. The number of ether oxygens (including phenoxy) is 6. The van der Waals surface area contributed by atoms with E-state index < -0.39 is 0 Å². The standard InChI is InChI=1S/C22H35NO6/c1-5-9-26-21-15(3)28-19-13-17(21)23-18-14-20(25-12-8-7-11-24-19)29-16(4)22(18)27-10-6-2/h5-6,15-17,19-22H,1-2,7-14H2,3-4H3/t15-,16-,17+,19+,20+,21-,22-/m0/s1/i23+1.